The Hall–Kier alpha value is -1.46. The zero-order valence-corrected chi connectivity index (χ0v) is 15.3. The van der Waals surface area contributed by atoms with E-state index in [0.29, 0.717) is 29.7 Å². The van der Waals surface area contributed by atoms with Gasteiger partial charge in [-0.05, 0) is 45.9 Å². The summed E-state index contributed by atoms with van der Waals surface area (Å²) in [5, 5.41) is 6.66. The fraction of sp³-hybridized carbons (Fsp3) is 0.588. The summed E-state index contributed by atoms with van der Waals surface area (Å²) in [7, 11) is 0. The Balaban J connectivity index is 2.84. The second kappa shape index (κ2) is 8.99. The second-order valence-corrected chi connectivity index (χ2v) is 6.60. The molecule has 0 saturated carbocycles. The third-order valence-corrected chi connectivity index (χ3v) is 3.20. The number of rotatable bonds is 8. The minimum absolute atomic E-state index is 0.0831. The van der Waals surface area contributed by atoms with Gasteiger partial charge < -0.3 is 20.1 Å². The van der Waals surface area contributed by atoms with Crippen LogP contribution in [0.3, 0.4) is 0 Å². The smallest absolute Gasteiger partial charge is 0.258 e. The number of nitrogens with one attached hydrogen (secondary N) is 2. The maximum atomic E-state index is 11.9. The van der Waals surface area contributed by atoms with Crippen LogP contribution >= 0.6 is 11.6 Å². The second-order valence-electron chi connectivity index (χ2n) is 6.19. The molecule has 0 saturated heterocycles. The molecule has 0 heterocycles. The topological polar surface area (TPSA) is 59.6 Å². The molecule has 0 aliphatic heterocycles. The molecule has 5 nitrogen and oxygen atoms in total. The van der Waals surface area contributed by atoms with Gasteiger partial charge in [-0.25, -0.2) is 0 Å². The molecule has 0 bridgehead atoms. The van der Waals surface area contributed by atoms with Crippen LogP contribution < -0.4 is 20.1 Å². The van der Waals surface area contributed by atoms with Crippen LogP contribution in [-0.2, 0) is 11.3 Å². The SMILES string of the molecule is CCNCc1cc(OCC)c(OCC(=O)NC(C)(C)C)cc1Cl. The van der Waals surface area contributed by atoms with E-state index in [1.165, 1.54) is 0 Å². The molecule has 0 aliphatic rings. The standard InChI is InChI=1S/C17H27ClN2O3/c1-6-19-10-12-8-14(22-7-2)15(9-13(12)18)23-11-16(21)20-17(3,4)5/h8-9,19H,6-7,10-11H2,1-5H3,(H,20,21). The van der Waals surface area contributed by atoms with Gasteiger partial charge in [-0.3, -0.25) is 4.79 Å². The quantitative estimate of drug-likeness (QED) is 0.762. The zero-order chi connectivity index (χ0) is 17.5. The molecular weight excluding hydrogens is 316 g/mol. The molecule has 0 fully saturated rings. The Bertz CT molecular complexity index is 527. The van der Waals surface area contributed by atoms with Crippen molar-refractivity contribution >= 4 is 17.5 Å². The van der Waals surface area contributed by atoms with E-state index in [4.69, 9.17) is 21.1 Å². The lowest BCUT2D eigenvalue weighted by molar-refractivity contribution is -0.124. The van der Waals surface area contributed by atoms with Gasteiger partial charge in [-0.15, -0.1) is 0 Å². The molecule has 0 radical (unpaired) electrons. The van der Waals surface area contributed by atoms with Gasteiger partial charge in [-0.2, -0.15) is 0 Å². The largest absolute Gasteiger partial charge is 0.490 e. The molecule has 1 rings (SSSR count). The first-order valence-electron chi connectivity index (χ1n) is 7.86. The molecule has 130 valence electrons. The summed E-state index contributed by atoms with van der Waals surface area (Å²) < 4.78 is 11.2. The highest BCUT2D eigenvalue weighted by Crippen LogP contribution is 2.33. The highest BCUT2D eigenvalue weighted by molar-refractivity contribution is 6.31. The van der Waals surface area contributed by atoms with Gasteiger partial charge >= 0.3 is 0 Å². The first-order chi connectivity index (χ1) is 10.8. The van der Waals surface area contributed by atoms with Crippen molar-refractivity contribution in [2.45, 2.75) is 46.7 Å². The number of hydrogen-bond acceptors (Lipinski definition) is 4. The molecule has 2 N–H and O–H groups in total. The van der Waals surface area contributed by atoms with Crippen molar-refractivity contribution in [2.75, 3.05) is 19.8 Å². The molecule has 1 aromatic carbocycles. The summed E-state index contributed by atoms with van der Waals surface area (Å²) in [5.74, 6) is 0.877. The lowest BCUT2D eigenvalue weighted by atomic mass is 10.1. The van der Waals surface area contributed by atoms with Gasteiger partial charge in [0.15, 0.2) is 18.1 Å². The summed E-state index contributed by atoms with van der Waals surface area (Å²) in [6.45, 7) is 11.6. The highest BCUT2D eigenvalue weighted by Gasteiger charge is 2.16. The Morgan fingerprint density at radius 3 is 2.39 bits per heavy atom. The average molecular weight is 343 g/mol. The van der Waals surface area contributed by atoms with Gasteiger partial charge in [0.05, 0.1) is 6.61 Å². The van der Waals surface area contributed by atoms with Gasteiger partial charge in [0.25, 0.3) is 5.91 Å². The average Bonchev–Trinajstić information content (AvgIpc) is 2.44. The predicted octanol–water partition coefficient (Wildman–Crippen LogP) is 3.14. The summed E-state index contributed by atoms with van der Waals surface area (Å²) in [5.41, 5.74) is 0.639. The molecule has 0 spiro atoms. The molecular formula is C17H27ClN2O3. The maximum Gasteiger partial charge on any atom is 0.258 e. The number of ether oxygens (including phenoxy) is 2. The van der Waals surface area contributed by atoms with Crippen LogP contribution in [0.5, 0.6) is 11.5 Å². The van der Waals surface area contributed by atoms with Crippen LogP contribution in [0, 0.1) is 0 Å². The van der Waals surface area contributed by atoms with E-state index in [1.54, 1.807) is 6.07 Å². The Morgan fingerprint density at radius 1 is 1.17 bits per heavy atom. The van der Waals surface area contributed by atoms with Crippen molar-refractivity contribution in [1.82, 2.24) is 10.6 Å². The van der Waals surface area contributed by atoms with Crippen LogP contribution in [-0.4, -0.2) is 31.2 Å². The minimum Gasteiger partial charge on any atom is -0.490 e. The number of carbonyl (C=O) groups excluding carboxylic acids is 1. The van der Waals surface area contributed by atoms with Crippen LogP contribution in [0.1, 0.15) is 40.2 Å². The van der Waals surface area contributed by atoms with E-state index >= 15 is 0 Å². The van der Waals surface area contributed by atoms with Crippen molar-refractivity contribution < 1.29 is 14.3 Å². The molecule has 6 heteroatoms. The summed E-state index contributed by atoms with van der Waals surface area (Å²) in [6, 6.07) is 3.55. The van der Waals surface area contributed by atoms with Gasteiger partial charge in [0.2, 0.25) is 0 Å². The monoisotopic (exact) mass is 342 g/mol. The summed E-state index contributed by atoms with van der Waals surface area (Å²) in [4.78, 5) is 11.9. The maximum absolute atomic E-state index is 11.9. The minimum atomic E-state index is -0.295. The van der Waals surface area contributed by atoms with Crippen molar-refractivity contribution in [2.24, 2.45) is 0 Å². The predicted molar refractivity (Wildman–Crippen MR) is 93.4 cm³/mol. The van der Waals surface area contributed by atoms with Crippen molar-refractivity contribution in [1.29, 1.82) is 0 Å². The molecule has 23 heavy (non-hydrogen) atoms. The summed E-state index contributed by atoms with van der Waals surface area (Å²) >= 11 is 6.28. The molecule has 0 aliphatic carbocycles. The van der Waals surface area contributed by atoms with Gasteiger partial charge in [0, 0.05) is 23.2 Å². The fourth-order valence-corrected chi connectivity index (χ4v) is 2.17. The van der Waals surface area contributed by atoms with Gasteiger partial charge in [-0.1, -0.05) is 18.5 Å². The van der Waals surface area contributed by atoms with Crippen LogP contribution in [0.15, 0.2) is 12.1 Å². The number of halogens is 1. The first kappa shape index (κ1) is 19.6. The third-order valence-electron chi connectivity index (χ3n) is 2.85. The molecule has 0 aromatic heterocycles. The van der Waals surface area contributed by atoms with E-state index in [9.17, 15) is 4.79 Å². The van der Waals surface area contributed by atoms with E-state index in [0.717, 1.165) is 12.1 Å². The number of benzene rings is 1. The Labute approximate surface area is 143 Å². The van der Waals surface area contributed by atoms with E-state index < -0.39 is 0 Å². The molecule has 0 unspecified atom stereocenters. The zero-order valence-electron chi connectivity index (χ0n) is 14.6. The van der Waals surface area contributed by atoms with Crippen molar-refractivity contribution in [3.8, 4) is 11.5 Å². The molecule has 0 atom stereocenters. The van der Waals surface area contributed by atoms with E-state index in [-0.39, 0.29) is 18.1 Å². The molecule has 1 amide bonds. The Morgan fingerprint density at radius 2 is 1.83 bits per heavy atom. The van der Waals surface area contributed by atoms with E-state index in [2.05, 4.69) is 10.6 Å². The Kier molecular flexibility index (Phi) is 7.65. The fourth-order valence-electron chi connectivity index (χ4n) is 1.95. The lowest BCUT2D eigenvalue weighted by Gasteiger charge is -2.21. The summed E-state index contributed by atoms with van der Waals surface area (Å²) in [6.07, 6.45) is 0. The number of carbonyl (C=O) groups is 1. The number of amides is 1. The number of hydrogen-bond donors (Lipinski definition) is 2. The van der Waals surface area contributed by atoms with Crippen LogP contribution in [0.4, 0.5) is 0 Å². The van der Waals surface area contributed by atoms with Crippen molar-refractivity contribution in [3.63, 3.8) is 0 Å². The van der Waals surface area contributed by atoms with Crippen LogP contribution in [0.2, 0.25) is 5.02 Å². The third kappa shape index (κ3) is 7.10. The van der Waals surface area contributed by atoms with E-state index in [1.807, 2.05) is 40.7 Å². The van der Waals surface area contributed by atoms with Crippen molar-refractivity contribution in [3.05, 3.63) is 22.7 Å². The molecule has 1 aromatic rings. The lowest BCUT2D eigenvalue weighted by Crippen LogP contribution is -2.43. The van der Waals surface area contributed by atoms with Crippen LogP contribution in [0.25, 0.3) is 0 Å². The highest BCUT2D eigenvalue weighted by atomic mass is 35.5. The first-order valence-corrected chi connectivity index (χ1v) is 8.24. The van der Waals surface area contributed by atoms with Gasteiger partial charge in [0.1, 0.15) is 0 Å². The normalized spacial score (nSPS) is 11.2.